The Bertz CT molecular complexity index is 532. The van der Waals surface area contributed by atoms with Crippen molar-refractivity contribution in [2.75, 3.05) is 0 Å². The molecule has 0 aliphatic carbocycles. The molecule has 2 heteroatoms. The third kappa shape index (κ3) is 3.44. The lowest BCUT2D eigenvalue weighted by Gasteiger charge is -2.13. The van der Waals surface area contributed by atoms with Crippen LogP contribution in [0.25, 0.3) is 0 Å². The predicted molar refractivity (Wildman–Crippen MR) is 77.0 cm³/mol. The summed E-state index contributed by atoms with van der Waals surface area (Å²) in [6.45, 7) is 2.15. The number of rotatable bonds is 6. The molecule has 0 saturated carbocycles. The van der Waals surface area contributed by atoms with Gasteiger partial charge in [0.2, 0.25) is 0 Å². The van der Waals surface area contributed by atoms with Crippen LogP contribution in [0, 0.1) is 0 Å². The van der Waals surface area contributed by atoms with E-state index in [1.807, 2.05) is 42.5 Å². The second-order valence-corrected chi connectivity index (χ2v) is 4.47. The van der Waals surface area contributed by atoms with Gasteiger partial charge in [0.1, 0.15) is 11.5 Å². The van der Waals surface area contributed by atoms with E-state index in [1.165, 1.54) is 0 Å². The van der Waals surface area contributed by atoms with Gasteiger partial charge in [-0.25, -0.2) is 0 Å². The molecule has 2 aromatic carbocycles. The van der Waals surface area contributed by atoms with Gasteiger partial charge in [-0.1, -0.05) is 43.7 Å². The Kier molecular flexibility index (Phi) is 4.73. The predicted octanol–water partition coefficient (Wildman–Crippen LogP) is 4.63. The molecule has 0 atom stereocenters. The highest BCUT2D eigenvalue weighted by Crippen LogP contribution is 2.29. The summed E-state index contributed by atoms with van der Waals surface area (Å²) in [4.78, 5) is 11.2. The lowest BCUT2D eigenvalue weighted by atomic mass is 10.0. The average Bonchev–Trinajstić information content (AvgIpc) is 2.47. The van der Waals surface area contributed by atoms with Gasteiger partial charge in [-0.05, 0) is 36.6 Å². The maximum Gasteiger partial charge on any atom is 0.153 e. The molecule has 0 aliphatic rings. The van der Waals surface area contributed by atoms with Crippen LogP contribution in [0.2, 0.25) is 0 Å². The highest BCUT2D eigenvalue weighted by atomic mass is 16.5. The van der Waals surface area contributed by atoms with Crippen molar-refractivity contribution in [1.82, 2.24) is 0 Å². The van der Waals surface area contributed by atoms with Crippen molar-refractivity contribution in [3.8, 4) is 11.5 Å². The fourth-order valence-electron chi connectivity index (χ4n) is 1.99. The van der Waals surface area contributed by atoms with Gasteiger partial charge in [-0.15, -0.1) is 0 Å². The fourth-order valence-corrected chi connectivity index (χ4v) is 1.99. The number of benzene rings is 2. The summed E-state index contributed by atoms with van der Waals surface area (Å²) >= 11 is 0. The third-order valence-corrected chi connectivity index (χ3v) is 3.02. The quantitative estimate of drug-likeness (QED) is 0.702. The van der Waals surface area contributed by atoms with Crippen molar-refractivity contribution in [2.45, 2.75) is 26.2 Å². The number of unbranched alkanes of at least 4 members (excludes halogenated alkanes) is 1. The minimum atomic E-state index is 0.609. The van der Waals surface area contributed by atoms with Crippen LogP contribution in [-0.2, 0) is 6.42 Å². The summed E-state index contributed by atoms with van der Waals surface area (Å²) in [7, 11) is 0. The van der Waals surface area contributed by atoms with Crippen LogP contribution < -0.4 is 4.74 Å². The molecule has 2 aromatic rings. The number of aldehydes is 1. The molecule has 0 amide bonds. The Labute approximate surface area is 114 Å². The van der Waals surface area contributed by atoms with E-state index in [0.29, 0.717) is 11.3 Å². The molecule has 0 N–H and O–H groups in total. The number of carbonyl (C=O) groups excluding carboxylic acids is 1. The lowest BCUT2D eigenvalue weighted by Crippen LogP contribution is -1.96. The van der Waals surface area contributed by atoms with Gasteiger partial charge in [0.05, 0.1) is 5.56 Å². The minimum absolute atomic E-state index is 0.609. The van der Waals surface area contributed by atoms with E-state index in [0.717, 1.165) is 36.9 Å². The normalized spacial score (nSPS) is 10.2. The summed E-state index contributed by atoms with van der Waals surface area (Å²) in [5.74, 6) is 1.45. The molecule has 19 heavy (non-hydrogen) atoms. The molecule has 0 bridgehead atoms. The molecular formula is C17H18O2. The Morgan fingerprint density at radius 3 is 2.53 bits per heavy atom. The zero-order valence-electron chi connectivity index (χ0n) is 11.1. The molecule has 0 spiro atoms. The molecule has 98 valence electrons. The monoisotopic (exact) mass is 254 g/mol. The highest BCUT2D eigenvalue weighted by Gasteiger charge is 2.10. The van der Waals surface area contributed by atoms with Crippen molar-refractivity contribution in [2.24, 2.45) is 0 Å². The van der Waals surface area contributed by atoms with Crippen LogP contribution >= 0.6 is 0 Å². The molecule has 0 radical (unpaired) electrons. The van der Waals surface area contributed by atoms with E-state index in [2.05, 4.69) is 6.92 Å². The average molecular weight is 254 g/mol. The number of para-hydroxylation sites is 2. The van der Waals surface area contributed by atoms with Crippen LogP contribution in [0.15, 0.2) is 48.5 Å². The standard InChI is InChI=1S/C17H18O2/c1-2-3-8-14-9-7-10-15(13-18)17(14)19-16-11-5-4-6-12-16/h4-7,9-13H,2-3,8H2,1H3. The minimum Gasteiger partial charge on any atom is -0.456 e. The van der Waals surface area contributed by atoms with Crippen LogP contribution in [0.3, 0.4) is 0 Å². The molecule has 0 unspecified atom stereocenters. The van der Waals surface area contributed by atoms with Crippen LogP contribution in [0.4, 0.5) is 0 Å². The molecule has 0 fully saturated rings. The second-order valence-electron chi connectivity index (χ2n) is 4.47. The Balaban J connectivity index is 2.32. The van der Waals surface area contributed by atoms with Gasteiger partial charge >= 0.3 is 0 Å². The van der Waals surface area contributed by atoms with Crippen LogP contribution in [0.1, 0.15) is 35.7 Å². The summed E-state index contributed by atoms with van der Waals surface area (Å²) in [6, 6.07) is 15.3. The van der Waals surface area contributed by atoms with Crippen molar-refractivity contribution in [1.29, 1.82) is 0 Å². The number of hydrogen-bond acceptors (Lipinski definition) is 2. The molecule has 0 aliphatic heterocycles. The van der Waals surface area contributed by atoms with Gasteiger partial charge in [0.25, 0.3) is 0 Å². The maximum absolute atomic E-state index is 11.2. The molecule has 2 rings (SSSR count). The second kappa shape index (κ2) is 6.74. The summed E-state index contributed by atoms with van der Waals surface area (Å²) in [6.07, 6.45) is 4.00. The number of carbonyl (C=O) groups is 1. The SMILES string of the molecule is CCCCc1cccc(C=O)c1Oc1ccccc1. The molecule has 0 heterocycles. The van der Waals surface area contributed by atoms with Crippen LogP contribution in [-0.4, -0.2) is 6.29 Å². The first kappa shape index (κ1) is 13.3. The molecule has 2 nitrogen and oxygen atoms in total. The van der Waals surface area contributed by atoms with Gasteiger partial charge in [-0.3, -0.25) is 4.79 Å². The van der Waals surface area contributed by atoms with Crippen molar-refractivity contribution in [3.63, 3.8) is 0 Å². The van der Waals surface area contributed by atoms with Crippen LogP contribution in [0.5, 0.6) is 11.5 Å². The lowest BCUT2D eigenvalue weighted by molar-refractivity contribution is 0.112. The fraction of sp³-hybridized carbons (Fsp3) is 0.235. The van der Waals surface area contributed by atoms with Gasteiger partial charge in [-0.2, -0.15) is 0 Å². The maximum atomic E-state index is 11.2. The summed E-state index contributed by atoms with van der Waals surface area (Å²) in [5.41, 5.74) is 1.70. The Morgan fingerprint density at radius 1 is 1.05 bits per heavy atom. The topological polar surface area (TPSA) is 26.3 Å². The first-order valence-corrected chi connectivity index (χ1v) is 6.65. The Morgan fingerprint density at radius 2 is 1.84 bits per heavy atom. The van der Waals surface area contributed by atoms with Gasteiger partial charge < -0.3 is 4.74 Å². The number of hydrogen-bond donors (Lipinski definition) is 0. The van der Waals surface area contributed by atoms with Gasteiger partial charge in [0.15, 0.2) is 6.29 Å². The smallest absolute Gasteiger partial charge is 0.153 e. The van der Waals surface area contributed by atoms with Crippen molar-refractivity contribution < 1.29 is 9.53 Å². The zero-order valence-corrected chi connectivity index (χ0v) is 11.1. The Hall–Kier alpha value is -2.09. The van der Waals surface area contributed by atoms with E-state index >= 15 is 0 Å². The summed E-state index contributed by atoms with van der Waals surface area (Å²) < 4.78 is 5.90. The molecule has 0 saturated heterocycles. The van der Waals surface area contributed by atoms with E-state index in [9.17, 15) is 4.79 Å². The molecule has 0 aromatic heterocycles. The third-order valence-electron chi connectivity index (χ3n) is 3.02. The number of aryl methyl sites for hydroxylation is 1. The van der Waals surface area contributed by atoms with E-state index in [1.54, 1.807) is 6.07 Å². The van der Waals surface area contributed by atoms with E-state index < -0.39 is 0 Å². The van der Waals surface area contributed by atoms with Crippen molar-refractivity contribution in [3.05, 3.63) is 59.7 Å². The zero-order chi connectivity index (χ0) is 13.5. The first-order chi connectivity index (χ1) is 9.35. The highest BCUT2D eigenvalue weighted by molar-refractivity contribution is 5.80. The largest absolute Gasteiger partial charge is 0.456 e. The van der Waals surface area contributed by atoms with Crippen molar-refractivity contribution >= 4 is 6.29 Å². The van der Waals surface area contributed by atoms with E-state index in [-0.39, 0.29) is 0 Å². The molecular weight excluding hydrogens is 236 g/mol. The number of ether oxygens (including phenoxy) is 1. The van der Waals surface area contributed by atoms with Gasteiger partial charge in [0, 0.05) is 0 Å². The first-order valence-electron chi connectivity index (χ1n) is 6.65. The van der Waals surface area contributed by atoms with E-state index in [4.69, 9.17) is 4.74 Å². The summed E-state index contributed by atoms with van der Waals surface area (Å²) in [5, 5.41) is 0.